The number of benzene rings is 5. The molecule has 1 heterocycles. The lowest BCUT2D eigenvalue weighted by Crippen LogP contribution is -2.19. The van der Waals surface area contributed by atoms with E-state index in [0.717, 1.165) is 5.56 Å². The highest BCUT2D eigenvalue weighted by Crippen LogP contribution is 2.50. The maximum atomic E-state index is 15.1. The third-order valence-electron chi connectivity index (χ3n) is 10.2. The Bertz CT molecular complexity index is 2710. The van der Waals surface area contributed by atoms with Gasteiger partial charge in [-0.1, -0.05) is 66.7 Å². The lowest BCUT2D eigenvalue weighted by atomic mass is 9.90. The van der Waals surface area contributed by atoms with E-state index in [1.54, 1.807) is 65.8 Å². The van der Waals surface area contributed by atoms with Crippen molar-refractivity contribution in [2.75, 3.05) is 29.4 Å². The average molecular weight is 826 g/mol. The third-order valence-corrected chi connectivity index (χ3v) is 11.4. The molecule has 300 valence electrons. The second-order valence-electron chi connectivity index (χ2n) is 13.6. The molecular formula is C48H39F4N5O2S+2. The molecule has 5 aromatic carbocycles. The third kappa shape index (κ3) is 7.75. The van der Waals surface area contributed by atoms with Crippen LogP contribution in [0.1, 0.15) is 36.8 Å². The molecule has 0 unspecified atom stereocenters. The van der Waals surface area contributed by atoms with Gasteiger partial charge in [0.25, 0.3) is 10.6 Å². The standard InChI is InChI=1S/C48H39F4N5O2S/c1-4-54(45-37(49)16-12-17-38(45)50)34-26-22-32(23-27-34)43(33-24-28-35(29-25-33)55(5-2)46-39(51)18-13-19-40(46)52)47-44(31-14-8-7-9-15-31)36(30-53)48(60-47)56(6-3)41-20-10-11-21-42(41)57(58)59/h7-29H,4-6H2,1-3H3,(H,58,59)/q+2. The van der Waals surface area contributed by atoms with E-state index in [1.807, 2.05) is 66.4 Å². The Morgan fingerprint density at radius 3 is 1.87 bits per heavy atom. The fourth-order valence-electron chi connectivity index (χ4n) is 7.53. The number of para-hydroxylation sites is 4. The Hall–Kier alpha value is -7.10. The lowest BCUT2D eigenvalue weighted by molar-refractivity contribution is -0.729. The Kier molecular flexibility index (Phi) is 12.2. The Morgan fingerprint density at radius 1 is 0.717 bits per heavy atom. The molecule has 0 radical (unpaired) electrons. The van der Waals surface area contributed by atoms with Crippen molar-refractivity contribution in [2.45, 2.75) is 20.8 Å². The van der Waals surface area contributed by atoms with Crippen LogP contribution in [0.4, 0.5) is 51.0 Å². The summed E-state index contributed by atoms with van der Waals surface area (Å²) in [5.41, 5.74) is 4.89. The van der Waals surface area contributed by atoms with Gasteiger partial charge in [-0.2, -0.15) is 18.6 Å². The van der Waals surface area contributed by atoms with Gasteiger partial charge in [0, 0.05) is 53.0 Å². The number of anilines is 4. The van der Waals surface area contributed by atoms with Crippen molar-refractivity contribution in [3.63, 3.8) is 0 Å². The number of hydrogen-bond donors (Lipinski definition) is 1. The predicted octanol–water partition coefficient (Wildman–Crippen LogP) is 12.7. The molecule has 60 heavy (non-hydrogen) atoms. The summed E-state index contributed by atoms with van der Waals surface area (Å²) in [5, 5.41) is 21.6. The van der Waals surface area contributed by atoms with Gasteiger partial charge in [0.2, 0.25) is 5.71 Å². The second-order valence-corrected chi connectivity index (χ2v) is 14.6. The minimum absolute atomic E-state index is 0.00614. The molecule has 7 rings (SSSR count). The highest BCUT2D eigenvalue weighted by atomic mass is 32.1. The number of hydrogen-bond acceptors (Lipinski definition) is 5. The summed E-state index contributed by atoms with van der Waals surface area (Å²) < 4.78 is 61.8. The minimum atomic E-state index is -0.698. The van der Waals surface area contributed by atoms with E-state index in [1.165, 1.54) is 53.8 Å². The van der Waals surface area contributed by atoms with Crippen molar-refractivity contribution in [1.82, 2.24) is 0 Å². The van der Waals surface area contributed by atoms with Crippen molar-refractivity contribution in [3.05, 3.63) is 189 Å². The number of thiophene rings is 1. The summed E-state index contributed by atoms with van der Waals surface area (Å²) in [6.45, 7) is 6.35. The van der Waals surface area contributed by atoms with Crippen molar-refractivity contribution in [2.24, 2.45) is 0 Å². The molecule has 0 amide bonds. The van der Waals surface area contributed by atoms with Crippen LogP contribution < -0.4 is 9.80 Å². The van der Waals surface area contributed by atoms with E-state index in [2.05, 4.69) is 6.07 Å². The van der Waals surface area contributed by atoms with Crippen LogP contribution in [-0.2, 0) is 0 Å². The van der Waals surface area contributed by atoms with E-state index < -0.39 is 23.3 Å². The first-order valence-electron chi connectivity index (χ1n) is 19.3. The van der Waals surface area contributed by atoms with Gasteiger partial charge in [0.1, 0.15) is 40.6 Å². The van der Waals surface area contributed by atoms with Crippen molar-refractivity contribution in [3.8, 4) is 17.2 Å². The first-order chi connectivity index (χ1) is 29.1. The van der Waals surface area contributed by atoms with Gasteiger partial charge in [0.15, 0.2) is 11.6 Å². The fraction of sp³-hybridized carbons (Fsp3) is 0.125. The summed E-state index contributed by atoms with van der Waals surface area (Å²) in [4.78, 5) is 16.2. The topological polar surface area (TPSA) is 73.6 Å². The summed E-state index contributed by atoms with van der Waals surface area (Å²) in [6.07, 6.45) is 7.25. The summed E-state index contributed by atoms with van der Waals surface area (Å²) >= 11 is 1.33. The molecule has 1 aromatic heterocycles. The summed E-state index contributed by atoms with van der Waals surface area (Å²) in [5.74, 6) is -2.79. The van der Waals surface area contributed by atoms with E-state index in [4.69, 9.17) is 0 Å². The van der Waals surface area contributed by atoms with Crippen molar-refractivity contribution in [1.29, 1.82) is 5.26 Å². The zero-order chi connectivity index (χ0) is 42.5. The molecule has 6 aromatic rings. The van der Waals surface area contributed by atoms with Gasteiger partial charge in [-0.25, -0.2) is 14.0 Å². The molecule has 1 N–H and O–H groups in total. The molecule has 1 aliphatic carbocycles. The predicted molar refractivity (Wildman–Crippen MR) is 230 cm³/mol. The van der Waals surface area contributed by atoms with Crippen LogP contribution in [0.2, 0.25) is 0 Å². The first kappa shape index (κ1) is 41.1. The van der Waals surface area contributed by atoms with Crippen LogP contribution in [0.15, 0.2) is 145 Å². The van der Waals surface area contributed by atoms with E-state index in [9.17, 15) is 15.4 Å². The lowest BCUT2D eigenvalue weighted by Gasteiger charge is -2.25. The van der Waals surface area contributed by atoms with Crippen molar-refractivity contribution < 1.29 is 32.3 Å². The molecule has 0 saturated heterocycles. The van der Waals surface area contributed by atoms with Gasteiger partial charge in [-0.05, 0) is 92.1 Å². The second kappa shape index (κ2) is 17.8. The molecule has 1 aliphatic rings. The number of nitrogens with zero attached hydrogens (tertiary/aromatic N) is 5. The van der Waals surface area contributed by atoms with E-state index in [-0.39, 0.29) is 35.1 Å². The summed E-state index contributed by atoms with van der Waals surface area (Å²) in [7, 11) is 0. The Balaban J connectivity index is 1.50. The zero-order valence-electron chi connectivity index (χ0n) is 32.9. The molecule has 12 heteroatoms. The number of rotatable bonds is 12. The van der Waals surface area contributed by atoms with Crippen LogP contribution in [0.25, 0.3) is 16.7 Å². The summed E-state index contributed by atoms with van der Waals surface area (Å²) in [6, 6.07) is 33.2. The van der Waals surface area contributed by atoms with Gasteiger partial charge in [0.05, 0.1) is 10.5 Å². The Labute approximate surface area is 349 Å². The molecule has 0 aliphatic heterocycles. The van der Waals surface area contributed by atoms with Crippen LogP contribution in [0.5, 0.6) is 0 Å². The monoisotopic (exact) mass is 825 g/mol. The number of nitriles is 1. The Morgan fingerprint density at radius 2 is 1.30 bits per heavy atom. The maximum absolute atomic E-state index is 15.1. The molecule has 0 fully saturated rings. The number of halogens is 4. The highest BCUT2D eigenvalue weighted by molar-refractivity contribution is 7.18. The van der Waals surface area contributed by atoms with Crippen LogP contribution >= 0.6 is 11.3 Å². The molecule has 0 spiro atoms. The first-order valence-corrected chi connectivity index (χ1v) is 20.1. The highest BCUT2D eigenvalue weighted by Gasteiger charge is 2.32. The van der Waals surface area contributed by atoms with Gasteiger partial charge >= 0.3 is 5.69 Å². The average Bonchev–Trinajstić information content (AvgIpc) is 3.63. The fourth-order valence-corrected chi connectivity index (χ4v) is 8.97. The molecular weight excluding hydrogens is 787 g/mol. The van der Waals surface area contributed by atoms with Crippen LogP contribution in [0.3, 0.4) is 0 Å². The SMILES string of the molecule is CCN(c1ccccc1[N+](=O)O)c1sc(C(=C2C=CC(=[N+](CC)c3c(F)cccc3F)C=C2)c2ccc(N(CC)c3c(F)cccc3F)cc2)c(-c2ccccc2)c1C#N. The van der Waals surface area contributed by atoms with Crippen molar-refractivity contribution >= 4 is 56.1 Å². The smallest absolute Gasteiger partial charge is 0.337 e. The maximum Gasteiger partial charge on any atom is 0.339 e. The normalized spacial score (nSPS) is 12.0. The molecule has 0 bridgehead atoms. The van der Waals surface area contributed by atoms with Gasteiger partial charge in [-0.15, -0.1) is 11.3 Å². The minimum Gasteiger partial charge on any atom is -0.337 e. The molecule has 0 atom stereocenters. The van der Waals surface area contributed by atoms with Crippen LogP contribution in [0, 0.1) is 39.5 Å². The number of allylic oxidation sites excluding steroid dienone is 5. The largest absolute Gasteiger partial charge is 0.339 e. The van der Waals surface area contributed by atoms with Crippen LogP contribution in [-0.4, -0.2) is 40.1 Å². The molecule has 0 saturated carbocycles. The van der Waals surface area contributed by atoms with Gasteiger partial charge in [-0.3, -0.25) is 0 Å². The van der Waals surface area contributed by atoms with E-state index >= 15 is 17.6 Å². The zero-order valence-corrected chi connectivity index (χ0v) is 33.7. The quantitative estimate of drug-likeness (QED) is 0.0756. The molecule has 7 nitrogen and oxygen atoms in total. The van der Waals surface area contributed by atoms with Gasteiger partial charge < -0.3 is 9.80 Å². The van der Waals surface area contributed by atoms with E-state index in [0.29, 0.717) is 61.3 Å².